The van der Waals surface area contributed by atoms with Gasteiger partial charge in [0.05, 0.1) is 27.7 Å². The zero-order valence-corrected chi connectivity index (χ0v) is 53.9. The number of ether oxygens (including phenoxy) is 2. The Morgan fingerprint density at radius 1 is 0.400 bits per heavy atom. The molecule has 0 saturated carbocycles. The Bertz CT molecular complexity index is 1580. The Hall–Kier alpha value is -2.55. The second kappa shape index (κ2) is 61.0. The SMILES string of the molecule is CC/C=C\C/C=C\C/C=C\CCCCCCCCCC(=O)OCC(COP(=O)([O-])OCC[N+](C)(C)C)OC(=O)CCCCCCCCCCCCCCCCCCCCCCCCCC/C=C\C/C=C\C/C=C\CCCCCCC. The summed E-state index contributed by atoms with van der Waals surface area (Å²) in [6, 6.07) is 0. The van der Waals surface area contributed by atoms with Gasteiger partial charge in [-0.3, -0.25) is 14.2 Å². The first kappa shape index (κ1) is 77.5. The third-order valence-corrected chi connectivity index (χ3v) is 15.7. The number of phosphoric ester groups is 1. The summed E-state index contributed by atoms with van der Waals surface area (Å²) < 4.78 is 34.2. The molecular formula is C70H128NO8P. The fourth-order valence-electron chi connectivity index (χ4n) is 9.56. The summed E-state index contributed by atoms with van der Waals surface area (Å²) in [5, 5.41) is 0. The van der Waals surface area contributed by atoms with Gasteiger partial charge in [-0.15, -0.1) is 0 Å². The Morgan fingerprint density at radius 2 is 0.713 bits per heavy atom. The van der Waals surface area contributed by atoms with Gasteiger partial charge >= 0.3 is 11.9 Å². The number of unbranched alkanes of at least 4 members (excludes halogenated alkanes) is 36. The van der Waals surface area contributed by atoms with Crippen LogP contribution < -0.4 is 4.89 Å². The molecule has 0 radical (unpaired) electrons. The average Bonchev–Trinajstić information content (AvgIpc) is 3.42. The molecule has 0 aliphatic carbocycles. The van der Waals surface area contributed by atoms with Crippen LogP contribution in [0.5, 0.6) is 0 Å². The van der Waals surface area contributed by atoms with Crippen LogP contribution in [0, 0.1) is 0 Å². The van der Waals surface area contributed by atoms with Gasteiger partial charge in [0.25, 0.3) is 7.82 Å². The van der Waals surface area contributed by atoms with E-state index in [4.69, 9.17) is 18.5 Å². The average molecular weight is 1140 g/mol. The van der Waals surface area contributed by atoms with Crippen LogP contribution in [-0.2, 0) is 32.7 Å². The van der Waals surface area contributed by atoms with E-state index >= 15 is 0 Å². The lowest BCUT2D eigenvalue weighted by molar-refractivity contribution is -0.870. The molecular weight excluding hydrogens is 1010 g/mol. The van der Waals surface area contributed by atoms with Crippen molar-refractivity contribution in [1.29, 1.82) is 0 Å². The van der Waals surface area contributed by atoms with Crippen LogP contribution in [0.1, 0.15) is 309 Å². The number of hydrogen-bond donors (Lipinski definition) is 0. The number of allylic oxidation sites excluding steroid dienone is 12. The van der Waals surface area contributed by atoms with Crippen LogP contribution in [0.2, 0.25) is 0 Å². The first-order valence-electron chi connectivity index (χ1n) is 33.6. The Kier molecular flexibility index (Phi) is 59.1. The van der Waals surface area contributed by atoms with Crippen LogP contribution in [-0.4, -0.2) is 70.0 Å². The number of carbonyl (C=O) groups excluding carboxylic acids is 2. The van der Waals surface area contributed by atoms with Gasteiger partial charge in [-0.1, -0.05) is 286 Å². The van der Waals surface area contributed by atoms with E-state index in [0.29, 0.717) is 17.4 Å². The number of nitrogens with zero attached hydrogens (tertiary/aromatic N) is 1. The number of esters is 2. The zero-order chi connectivity index (χ0) is 58.4. The summed E-state index contributed by atoms with van der Waals surface area (Å²) in [4.78, 5) is 37.9. The second-order valence-corrected chi connectivity index (χ2v) is 25.2. The minimum Gasteiger partial charge on any atom is -0.756 e. The number of carbonyl (C=O) groups is 2. The number of hydrogen-bond acceptors (Lipinski definition) is 8. The number of quaternary nitrogens is 1. The Morgan fingerprint density at radius 3 is 1.06 bits per heavy atom. The topological polar surface area (TPSA) is 111 Å². The van der Waals surface area contributed by atoms with E-state index in [1.165, 1.54) is 193 Å². The maximum absolute atomic E-state index is 12.8. The number of likely N-dealkylation sites (N-methyl/N-ethyl adjacent to an activating group) is 1. The highest BCUT2D eigenvalue weighted by Gasteiger charge is 2.22. The molecule has 0 aliphatic rings. The summed E-state index contributed by atoms with van der Waals surface area (Å²) in [5.74, 6) is -0.835. The van der Waals surface area contributed by atoms with Gasteiger partial charge in [-0.2, -0.15) is 0 Å². The van der Waals surface area contributed by atoms with Crippen molar-refractivity contribution in [2.24, 2.45) is 0 Å². The molecule has 0 rings (SSSR count). The highest BCUT2D eigenvalue weighted by Crippen LogP contribution is 2.38. The summed E-state index contributed by atoms with van der Waals surface area (Å²) in [7, 11) is 1.17. The molecule has 0 bridgehead atoms. The van der Waals surface area contributed by atoms with Crippen LogP contribution in [0.4, 0.5) is 0 Å². The fourth-order valence-corrected chi connectivity index (χ4v) is 10.3. The second-order valence-electron chi connectivity index (χ2n) is 23.8. The van der Waals surface area contributed by atoms with Crippen molar-refractivity contribution >= 4 is 19.8 Å². The lowest BCUT2D eigenvalue weighted by Gasteiger charge is -2.28. The molecule has 466 valence electrons. The quantitative estimate of drug-likeness (QED) is 0.0195. The summed E-state index contributed by atoms with van der Waals surface area (Å²) in [6.07, 6.45) is 81.4. The highest BCUT2D eigenvalue weighted by molar-refractivity contribution is 7.45. The summed E-state index contributed by atoms with van der Waals surface area (Å²) in [5.41, 5.74) is 0. The third-order valence-electron chi connectivity index (χ3n) is 14.7. The summed E-state index contributed by atoms with van der Waals surface area (Å²) >= 11 is 0. The van der Waals surface area contributed by atoms with Crippen LogP contribution in [0.25, 0.3) is 0 Å². The minimum absolute atomic E-state index is 0.0331. The first-order valence-corrected chi connectivity index (χ1v) is 35.1. The van der Waals surface area contributed by atoms with E-state index < -0.39 is 26.5 Å². The van der Waals surface area contributed by atoms with Crippen molar-refractivity contribution in [1.82, 2.24) is 0 Å². The molecule has 0 heterocycles. The third kappa shape index (κ3) is 64.6. The van der Waals surface area contributed by atoms with E-state index in [0.717, 1.165) is 83.5 Å². The van der Waals surface area contributed by atoms with Crippen molar-refractivity contribution in [2.45, 2.75) is 315 Å². The maximum atomic E-state index is 12.8. The molecule has 0 aromatic carbocycles. The van der Waals surface area contributed by atoms with Crippen molar-refractivity contribution in [3.05, 3.63) is 72.9 Å². The molecule has 9 nitrogen and oxygen atoms in total. The van der Waals surface area contributed by atoms with Gasteiger partial charge in [-0.05, 0) is 83.5 Å². The maximum Gasteiger partial charge on any atom is 0.306 e. The normalized spacial score (nSPS) is 13.6. The number of phosphoric acid groups is 1. The molecule has 0 N–H and O–H groups in total. The Labute approximate surface area is 495 Å². The van der Waals surface area contributed by atoms with Gasteiger partial charge in [0.1, 0.15) is 19.8 Å². The molecule has 0 spiro atoms. The van der Waals surface area contributed by atoms with Gasteiger partial charge in [0, 0.05) is 12.8 Å². The van der Waals surface area contributed by atoms with Crippen molar-refractivity contribution in [3.8, 4) is 0 Å². The molecule has 0 fully saturated rings. The van der Waals surface area contributed by atoms with Gasteiger partial charge < -0.3 is 27.9 Å². The molecule has 10 heteroatoms. The molecule has 2 unspecified atom stereocenters. The van der Waals surface area contributed by atoms with E-state index in [1.807, 2.05) is 21.1 Å². The monoisotopic (exact) mass is 1140 g/mol. The lowest BCUT2D eigenvalue weighted by atomic mass is 10.0. The predicted octanol–water partition coefficient (Wildman–Crippen LogP) is 21.0. The predicted molar refractivity (Wildman–Crippen MR) is 342 cm³/mol. The van der Waals surface area contributed by atoms with Gasteiger partial charge in [0.2, 0.25) is 0 Å². The zero-order valence-electron chi connectivity index (χ0n) is 53.0. The van der Waals surface area contributed by atoms with Crippen LogP contribution in [0.3, 0.4) is 0 Å². The van der Waals surface area contributed by atoms with Crippen LogP contribution >= 0.6 is 7.82 Å². The Balaban J connectivity index is 3.93. The minimum atomic E-state index is -4.64. The van der Waals surface area contributed by atoms with E-state index in [1.54, 1.807) is 0 Å². The first-order chi connectivity index (χ1) is 39.0. The summed E-state index contributed by atoms with van der Waals surface area (Å²) in [6.45, 7) is 4.13. The standard InChI is InChI=1S/C70H128NO8P/c1-6-8-10-12-14-16-18-20-22-24-25-26-27-28-29-30-31-32-33-34-35-36-37-38-39-40-41-42-43-44-45-47-49-51-53-55-57-59-61-63-70(73)79-68(67-78-80(74,75)77-65-64-71(3,4)5)66-76-69(72)62-60-58-56-54-52-50-48-46-23-21-19-17-15-13-11-9-7-2/h9,11,15,17-18,20-21,23-25,27-28,68H,6-8,10,12-14,16,19,22,26,29-67H2,1-5H3/b11-9-,17-15-,20-18-,23-21-,25-24-,28-27-. The molecule has 80 heavy (non-hydrogen) atoms. The molecule has 0 amide bonds. The smallest absolute Gasteiger partial charge is 0.306 e. The van der Waals surface area contributed by atoms with Crippen LogP contribution in [0.15, 0.2) is 72.9 Å². The molecule has 2 atom stereocenters. The molecule has 0 aliphatic heterocycles. The number of rotatable bonds is 62. The fraction of sp³-hybridized carbons (Fsp3) is 0.800. The molecule has 0 aromatic heterocycles. The van der Waals surface area contributed by atoms with Gasteiger partial charge in [0.15, 0.2) is 6.10 Å². The van der Waals surface area contributed by atoms with E-state index in [9.17, 15) is 19.0 Å². The largest absolute Gasteiger partial charge is 0.756 e. The molecule has 0 saturated heterocycles. The van der Waals surface area contributed by atoms with Crippen molar-refractivity contribution < 1.29 is 42.1 Å². The van der Waals surface area contributed by atoms with Crippen molar-refractivity contribution in [3.63, 3.8) is 0 Å². The van der Waals surface area contributed by atoms with Crippen molar-refractivity contribution in [2.75, 3.05) is 47.5 Å². The molecule has 0 aromatic rings. The lowest BCUT2D eigenvalue weighted by Crippen LogP contribution is -2.37. The van der Waals surface area contributed by atoms with Gasteiger partial charge in [-0.25, -0.2) is 0 Å². The highest BCUT2D eigenvalue weighted by atomic mass is 31.2. The van der Waals surface area contributed by atoms with E-state index in [-0.39, 0.29) is 32.0 Å². The van der Waals surface area contributed by atoms with E-state index in [2.05, 4.69) is 86.8 Å².